The van der Waals surface area contributed by atoms with E-state index in [-0.39, 0.29) is 11.8 Å². The minimum atomic E-state index is -0.141. The first-order valence-electron chi connectivity index (χ1n) is 7.70. The molecule has 1 aromatic rings. The van der Waals surface area contributed by atoms with Gasteiger partial charge in [-0.15, -0.1) is 0 Å². The van der Waals surface area contributed by atoms with Crippen LogP contribution in [0.1, 0.15) is 60.2 Å². The van der Waals surface area contributed by atoms with E-state index in [2.05, 4.69) is 10.3 Å². The maximum Gasteiger partial charge on any atom is 0.255 e. The molecule has 0 radical (unpaired) electrons. The van der Waals surface area contributed by atoms with E-state index in [9.17, 15) is 9.59 Å². The molecule has 21 heavy (non-hydrogen) atoms. The second-order valence-corrected chi connectivity index (χ2v) is 5.50. The summed E-state index contributed by atoms with van der Waals surface area (Å²) < 4.78 is 0. The van der Waals surface area contributed by atoms with Crippen LogP contribution in [-0.4, -0.2) is 40.8 Å². The fraction of sp³-hybridized carbons (Fsp3) is 0.562. The lowest BCUT2D eigenvalue weighted by atomic mass is 10.1. The zero-order valence-electron chi connectivity index (χ0n) is 12.8. The van der Waals surface area contributed by atoms with Crippen LogP contribution in [0.5, 0.6) is 0 Å². The second-order valence-electron chi connectivity index (χ2n) is 5.50. The summed E-state index contributed by atoms with van der Waals surface area (Å²) in [5.74, 6) is -0.190. The summed E-state index contributed by atoms with van der Waals surface area (Å²) in [4.78, 5) is 30.4. The second kappa shape index (κ2) is 7.20. The number of hydrogen-bond acceptors (Lipinski definition) is 3. The summed E-state index contributed by atoms with van der Waals surface area (Å²) >= 11 is 0. The van der Waals surface area contributed by atoms with Gasteiger partial charge in [0.2, 0.25) is 0 Å². The number of carbonyl (C=O) groups excluding carboxylic acids is 2. The number of aromatic nitrogens is 1. The molecule has 0 spiro atoms. The van der Waals surface area contributed by atoms with E-state index in [4.69, 9.17) is 0 Å². The molecule has 1 aliphatic rings. The smallest absolute Gasteiger partial charge is 0.255 e. The molecule has 2 rings (SSSR count). The van der Waals surface area contributed by atoms with Gasteiger partial charge < -0.3 is 10.2 Å². The van der Waals surface area contributed by atoms with Gasteiger partial charge in [-0.1, -0.05) is 13.8 Å². The largest absolute Gasteiger partial charge is 0.349 e. The SMILES string of the molecule is CCCN(CCC)C(=O)c1cncc(C(=O)NC2CC2)c1. The van der Waals surface area contributed by atoms with Crippen LogP contribution in [0.3, 0.4) is 0 Å². The van der Waals surface area contributed by atoms with Crippen LogP contribution in [0.15, 0.2) is 18.5 Å². The highest BCUT2D eigenvalue weighted by atomic mass is 16.2. The summed E-state index contributed by atoms with van der Waals surface area (Å²) in [5.41, 5.74) is 0.945. The van der Waals surface area contributed by atoms with Gasteiger partial charge in [-0.3, -0.25) is 14.6 Å². The van der Waals surface area contributed by atoms with E-state index in [0.29, 0.717) is 17.2 Å². The minimum Gasteiger partial charge on any atom is -0.349 e. The van der Waals surface area contributed by atoms with Crippen LogP contribution in [0.4, 0.5) is 0 Å². The Hall–Kier alpha value is -1.91. The van der Waals surface area contributed by atoms with Crippen molar-refractivity contribution in [2.75, 3.05) is 13.1 Å². The first-order valence-corrected chi connectivity index (χ1v) is 7.70. The molecule has 1 N–H and O–H groups in total. The lowest BCUT2D eigenvalue weighted by molar-refractivity contribution is 0.0755. The molecule has 1 fully saturated rings. The molecule has 0 bridgehead atoms. The first kappa shape index (κ1) is 15.5. The van der Waals surface area contributed by atoms with Crippen molar-refractivity contribution in [3.8, 4) is 0 Å². The molecule has 0 unspecified atom stereocenters. The number of amides is 2. The van der Waals surface area contributed by atoms with Gasteiger partial charge in [-0.2, -0.15) is 0 Å². The Labute approximate surface area is 125 Å². The molecule has 1 aliphatic carbocycles. The highest BCUT2D eigenvalue weighted by Gasteiger charge is 2.24. The van der Waals surface area contributed by atoms with Gasteiger partial charge in [-0.25, -0.2) is 0 Å². The molecule has 0 saturated heterocycles. The summed E-state index contributed by atoms with van der Waals surface area (Å²) in [7, 11) is 0. The topological polar surface area (TPSA) is 62.3 Å². The van der Waals surface area contributed by atoms with Gasteiger partial charge in [0.25, 0.3) is 11.8 Å². The fourth-order valence-electron chi connectivity index (χ4n) is 2.21. The molecular formula is C16H23N3O2. The van der Waals surface area contributed by atoms with Crippen molar-refractivity contribution < 1.29 is 9.59 Å². The molecule has 2 amide bonds. The van der Waals surface area contributed by atoms with Crippen molar-refractivity contribution in [3.05, 3.63) is 29.6 Å². The van der Waals surface area contributed by atoms with Crippen LogP contribution in [0.25, 0.3) is 0 Å². The van der Waals surface area contributed by atoms with E-state index in [1.54, 1.807) is 6.07 Å². The highest BCUT2D eigenvalue weighted by molar-refractivity contribution is 5.99. The minimum absolute atomic E-state index is 0.0488. The van der Waals surface area contributed by atoms with Gasteiger partial charge in [0.05, 0.1) is 11.1 Å². The van der Waals surface area contributed by atoms with E-state index in [1.807, 2.05) is 18.7 Å². The van der Waals surface area contributed by atoms with Gasteiger partial charge in [0, 0.05) is 31.5 Å². The van der Waals surface area contributed by atoms with Crippen molar-refractivity contribution in [2.45, 2.75) is 45.6 Å². The van der Waals surface area contributed by atoms with Crippen molar-refractivity contribution in [3.63, 3.8) is 0 Å². The van der Waals surface area contributed by atoms with E-state index in [1.165, 1.54) is 12.4 Å². The number of nitrogens with zero attached hydrogens (tertiary/aromatic N) is 2. The molecule has 114 valence electrons. The third-order valence-corrected chi connectivity index (χ3v) is 3.43. The fourth-order valence-corrected chi connectivity index (χ4v) is 2.21. The number of rotatable bonds is 7. The average molecular weight is 289 g/mol. The monoisotopic (exact) mass is 289 g/mol. The molecule has 1 saturated carbocycles. The highest BCUT2D eigenvalue weighted by Crippen LogP contribution is 2.19. The Kier molecular flexibility index (Phi) is 5.31. The normalized spacial score (nSPS) is 13.8. The van der Waals surface area contributed by atoms with Crippen molar-refractivity contribution in [1.82, 2.24) is 15.2 Å². The predicted octanol–water partition coefficient (Wildman–Crippen LogP) is 2.24. The summed E-state index contributed by atoms with van der Waals surface area (Å²) in [6, 6.07) is 1.94. The Balaban J connectivity index is 2.10. The van der Waals surface area contributed by atoms with Gasteiger partial charge in [0.15, 0.2) is 0 Å². The van der Waals surface area contributed by atoms with Crippen LogP contribution in [-0.2, 0) is 0 Å². The molecule has 5 heteroatoms. The van der Waals surface area contributed by atoms with Crippen LogP contribution < -0.4 is 5.32 Å². The Bertz CT molecular complexity index is 506. The maximum absolute atomic E-state index is 12.5. The van der Waals surface area contributed by atoms with E-state index >= 15 is 0 Å². The molecule has 1 heterocycles. The molecular weight excluding hydrogens is 266 g/mol. The van der Waals surface area contributed by atoms with Crippen LogP contribution in [0.2, 0.25) is 0 Å². The zero-order chi connectivity index (χ0) is 15.2. The van der Waals surface area contributed by atoms with E-state index < -0.39 is 0 Å². The number of hydrogen-bond donors (Lipinski definition) is 1. The van der Waals surface area contributed by atoms with Gasteiger partial charge in [-0.05, 0) is 31.7 Å². The van der Waals surface area contributed by atoms with Crippen LogP contribution in [0, 0.1) is 0 Å². The zero-order valence-corrected chi connectivity index (χ0v) is 12.8. The molecule has 1 aromatic heterocycles. The molecule has 0 atom stereocenters. The van der Waals surface area contributed by atoms with Crippen LogP contribution >= 0.6 is 0 Å². The lowest BCUT2D eigenvalue weighted by Crippen LogP contribution is -2.33. The van der Waals surface area contributed by atoms with Gasteiger partial charge >= 0.3 is 0 Å². The summed E-state index contributed by atoms with van der Waals surface area (Å²) in [6.07, 6.45) is 6.96. The summed E-state index contributed by atoms with van der Waals surface area (Å²) in [6.45, 7) is 5.55. The Morgan fingerprint density at radius 2 is 1.81 bits per heavy atom. The van der Waals surface area contributed by atoms with E-state index in [0.717, 1.165) is 38.8 Å². The quantitative estimate of drug-likeness (QED) is 0.837. The maximum atomic E-state index is 12.5. The van der Waals surface area contributed by atoms with Gasteiger partial charge in [0.1, 0.15) is 0 Å². The predicted molar refractivity (Wildman–Crippen MR) is 81.2 cm³/mol. The van der Waals surface area contributed by atoms with Crippen molar-refractivity contribution in [1.29, 1.82) is 0 Å². The first-order chi connectivity index (χ1) is 10.2. The molecule has 0 aromatic carbocycles. The Morgan fingerprint density at radius 1 is 1.19 bits per heavy atom. The third-order valence-electron chi connectivity index (χ3n) is 3.43. The third kappa shape index (κ3) is 4.28. The lowest BCUT2D eigenvalue weighted by Gasteiger charge is -2.21. The summed E-state index contributed by atoms with van der Waals surface area (Å²) in [5, 5.41) is 2.91. The van der Waals surface area contributed by atoms with Crippen molar-refractivity contribution in [2.24, 2.45) is 0 Å². The number of carbonyl (C=O) groups is 2. The Morgan fingerprint density at radius 3 is 2.38 bits per heavy atom. The standard InChI is InChI=1S/C16H23N3O2/c1-3-7-19(8-4-2)16(21)13-9-12(10-17-11-13)15(20)18-14-5-6-14/h9-11,14H,3-8H2,1-2H3,(H,18,20). The van der Waals surface area contributed by atoms with Crippen molar-refractivity contribution >= 4 is 11.8 Å². The number of pyridine rings is 1. The molecule has 0 aliphatic heterocycles. The average Bonchev–Trinajstić information content (AvgIpc) is 3.30. The number of nitrogens with one attached hydrogen (secondary N) is 1. The molecule has 5 nitrogen and oxygen atoms in total.